The number of benzene rings is 1. The first kappa shape index (κ1) is 40.5. The van der Waals surface area contributed by atoms with Crippen LogP contribution in [0.4, 0.5) is 10.5 Å². The van der Waals surface area contributed by atoms with Crippen molar-refractivity contribution in [2.24, 2.45) is 23.0 Å². The predicted molar refractivity (Wildman–Crippen MR) is 177 cm³/mol. The molecule has 1 aliphatic rings. The number of ketones is 1. The van der Waals surface area contributed by atoms with E-state index in [2.05, 4.69) is 16.0 Å². The molecule has 1 aromatic rings. The third-order valence-electron chi connectivity index (χ3n) is 7.53. The molecule has 49 heavy (non-hydrogen) atoms. The highest BCUT2D eigenvalue weighted by Crippen LogP contribution is 2.21. The smallest absolute Gasteiger partial charge is 0.312 e. The quantitative estimate of drug-likeness (QED) is 0.0632. The average Bonchev–Trinajstić information content (AvgIpc) is 3.31. The van der Waals surface area contributed by atoms with Crippen LogP contribution >= 0.6 is 0 Å². The number of nitrogens with two attached hydrogens (primary N) is 1. The van der Waals surface area contributed by atoms with Crippen molar-refractivity contribution in [1.29, 1.82) is 0 Å². The Bertz CT molecular complexity index is 1530. The summed E-state index contributed by atoms with van der Waals surface area (Å²) in [4.78, 5) is 87.6. The standard InChI is InChI=1S/C32H45N5O11S/c1-19(2)27(36-29(42)24(49(45,46)47)14-16-37-25(39)12-13-26(37)40)23(38)17-21(7-6-15-34-31(33)44)28(41)35-22-10-8-20(9-11-22)18-48-30(43)32(3,4)5/h8-13,19,21,24,27H,6-7,14-18H2,1-5H3,(H,35,41)(H,36,42)(H3,33,34,44)(H,45,46,47)/t21-,24-,27+/m1/s1. The van der Waals surface area contributed by atoms with Crippen LogP contribution in [0.5, 0.6) is 0 Å². The molecule has 0 saturated carbocycles. The van der Waals surface area contributed by atoms with Gasteiger partial charge in [0, 0.05) is 43.3 Å². The number of nitrogens with zero attached hydrogens (tertiary/aromatic N) is 1. The number of rotatable bonds is 18. The van der Waals surface area contributed by atoms with Gasteiger partial charge in [-0.15, -0.1) is 0 Å². The van der Waals surface area contributed by atoms with Crippen LogP contribution in [0.15, 0.2) is 36.4 Å². The highest BCUT2D eigenvalue weighted by molar-refractivity contribution is 7.87. The van der Waals surface area contributed by atoms with Crippen molar-refractivity contribution in [2.75, 3.05) is 18.4 Å². The molecule has 6 N–H and O–H groups in total. The van der Waals surface area contributed by atoms with Gasteiger partial charge in [-0.25, -0.2) is 4.79 Å². The summed E-state index contributed by atoms with van der Waals surface area (Å²) < 4.78 is 39.3. The number of hydrogen-bond donors (Lipinski definition) is 5. The highest BCUT2D eigenvalue weighted by atomic mass is 32.2. The Balaban J connectivity index is 2.16. The van der Waals surface area contributed by atoms with Crippen molar-refractivity contribution < 1.29 is 51.3 Å². The molecule has 0 spiro atoms. The third-order valence-corrected chi connectivity index (χ3v) is 8.70. The second-order valence-corrected chi connectivity index (χ2v) is 14.6. The van der Waals surface area contributed by atoms with Crippen molar-refractivity contribution in [1.82, 2.24) is 15.5 Å². The van der Waals surface area contributed by atoms with Gasteiger partial charge in [0.1, 0.15) is 6.61 Å². The van der Waals surface area contributed by atoms with Gasteiger partial charge < -0.3 is 26.4 Å². The predicted octanol–water partition coefficient (Wildman–Crippen LogP) is 1.45. The number of imide groups is 1. The summed E-state index contributed by atoms with van der Waals surface area (Å²) in [6, 6.07) is 4.46. The number of amides is 6. The zero-order valence-electron chi connectivity index (χ0n) is 28.2. The topological polar surface area (TPSA) is 248 Å². The number of urea groups is 1. The number of Topliss-reactive ketones (excluding diaryl/α,β-unsaturated/α-hetero) is 1. The minimum atomic E-state index is -5.03. The average molecular weight is 708 g/mol. The van der Waals surface area contributed by atoms with Crippen LogP contribution in [0.1, 0.15) is 65.9 Å². The first-order valence-corrected chi connectivity index (χ1v) is 17.1. The fourth-order valence-electron chi connectivity index (χ4n) is 4.73. The van der Waals surface area contributed by atoms with Crippen LogP contribution in [-0.2, 0) is 50.2 Å². The maximum atomic E-state index is 13.6. The van der Waals surface area contributed by atoms with Gasteiger partial charge in [0.25, 0.3) is 21.9 Å². The zero-order valence-corrected chi connectivity index (χ0v) is 29.0. The molecular formula is C32H45N5O11S. The van der Waals surface area contributed by atoms with Gasteiger partial charge in [0.05, 0.1) is 11.5 Å². The summed E-state index contributed by atoms with van der Waals surface area (Å²) >= 11 is 0. The Kier molecular flexibility index (Phi) is 14.6. The van der Waals surface area contributed by atoms with Crippen LogP contribution < -0.4 is 21.7 Å². The fraction of sp³-hybridized carbons (Fsp3) is 0.531. The molecule has 0 saturated heterocycles. The largest absolute Gasteiger partial charge is 0.460 e. The third kappa shape index (κ3) is 13.1. The van der Waals surface area contributed by atoms with Crippen LogP contribution in [0, 0.1) is 17.3 Å². The highest BCUT2D eigenvalue weighted by Gasteiger charge is 2.37. The van der Waals surface area contributed by atoms with Gasteiger partial charge in [-0.3, -0.25) is 38.2 Å². The number of anilines is 1. The summed E-state index contributed by atoms with van der Waals surface area (Å²) in [6.45, 7) is 8.04. The van der Waals surface area contributed by atoms with E-state index in [0.717, 1.165) is 12.2 Å². The lowest BCUT2D eigenvalue weighted by Crippen LogP contribution is -2.51. The minimum absolute atomic E-state index is 0.0286. The molecule has 0 radical (unpaired) electrons. The lowest BCUT2D eigenvalue weighted by Gasteiger charge is -2.26. The van der Waals surface area contributed by atoms with E-state index in [0.29, 0.717) is 16.2 Å². The normalized spacial score (nSPS) is 15.0. The second-order valence-electron chi connectivity index (χ2n) is 13.0. The summed E-state index contributed by atoms with van der Waals surface area (Å²) in [7, 11) is -5.03. The Morgan fingerprint density at radius 1 is 0.959 bits per heavy atom. The minimum Gasteiger partial charge on any atom is -0.460 e. The number of hydrogen-bond acceptors (Lipinski definition) is 10. The molecule has 2 rings (SSSR count). The summed E-state index contributed by atoms with van der Waals surface area (Å²) in [5.74, 6) is -5.69. The first-order chi connectivity index (χ1) is 22.7. The number of ether oxygens (including phenoxy) is 1. The molecule has 0 unspecified atom stereocenters. The molecule has 16 nitrogen and oxygen atoms in total. The molecule has 17 heteroatoms. The Morgan fingerprint density at radius 3 is 2.06 bits per heavy atom. The van der Waals surface area contributed by atoms with E-state index in [1.165, 1.54) is 0 Å². The molecule has 0 bridgehead atoms. The van der Waals surface area contributed by atoms with Crippen LogP contribution in [0.2, 0.25) is 0 Å². The fourth-order valence-corrected chi connectivity index (χ4v) is 5.47. The number of carbonyl (C=O) groups excluding carboxylic acids is 7. The molecule has 0 fully saturated rings. The van der Waals surface area contributed by atoms with Gasteiger partial charge in [0.15, 0.2) is 11.0 Å². The van der Waals surface area contributed by atoms with Crippen molar-refractivity contribution in [2.45, 2.75) is 78.2 Å². The van der Waals surface area contributed by atoms with Crippen LogP contribution in [0.25, 0.3) is 0 Å². The van der Waals surface area contributed by atoms with E-state index in [1.54, 1.807) is 58.9 Å². The van der Waals surface area contributed by atoms with Gasteiger partial charge in [-0.1, -0.05) is 26.0 Å². The van der Waals surface area contributed by atoms with Crippen molar-refractivity contribution >= 4 is 57.2 Å². The Morgan fingerprint density at radius 2 is 1.55 bits per heavy atom. The van der Waals surface area contributed by atoms with Crippen LogP contribution in [-0.4, -0.2) is 83.7 Å². The van der Waals surface area contributed by atoms with E-state index >= 15 is 0 Å². The number of carbonyl (C=O) groups is 7. The van der Waals surface area contributed by atoms with Gasteiger partial charge in [-0.2, -0.15) is 8.42 Å². The molecular weight excluding hydrogens is 662 g/mol. The van der Waals surface area contributed by atoms with E-state index in [-0.39, 0.29) is 38.4 Å². The molecule has 270 valence electrons. The van der Waals surface area contributed by atoms with E-state index in [9.17, 15) is 46.5 Å². The molecule has 0 aromatic heterocycles. The van der Waals surface area contributed by atoms with E-state index in [4.69, 9.17) is 10.5 Å². The van der Waals surface area contributed by atoms with Crippen LogP contribution in [0.3, 0.4) is 0 Å². The molecule has 0 aliphatic carbocycles. The zero-order chi connectivity index (χ0) is 37.1. The molecule has 6 amide bonds. The maximum absolute atomic E-state index is 13.6. The second kappa shape index (κ2) is 17.7. The first-order valence-electron chi connectivity index (χ1n) is 15.6. The Hall–Kier alpha value is -4.64. The van der Waals surface area contributed by atoms with E-state index < -0.39 is 87.1 Å². The Labute approximate surface area is 285 Å². The lowest BCUT2D eigenvalue weighted by atomic mass is 9.89. The summed E-state index contributed by atoms with van der Waals surface area (Å²) in [5.41, 5.74) is 5.51. The van der Waals surface area contributed by atoms with Crippen molar-refractivity contribution in [3.63, 3.8) is 0 Å². The SMILES string of the molecule is CC(C)[C@H](NC(=O)[C@@H](CCN1C(=O)C=CC1=O)S(=O)(=O)O)C(=O)C[C@@H](CCCNC(N)=O)C(=O)Nc1ccc(COC(=O)C(C)(C)C)cc1. The van der Waals surface area contributed by atoms with Gasteiger partial charge >= 0.3 is 12.0 Å². The number of primary amides is 1. The van der Waals surface area contributed by atoms with Gasteiger partial charge in [0.2, 0.25) is 11.8 Å². The summed E-state index contributed by atoms with van der Waals surface area (Å²) in [5, 5.41) is 5.41. The van der Waals surface area contributed by atoms with Gasteiger partial charge in [-0.05, 0) is 63.6 Å². The number of nitrogens with one attached hydrogen (secondary N) is 3. The maximum Gasteiger partial charge on any atom is 0.312 e. The molecule has 3 atom stereocenters. The monoisotopic (exact) mass is 707 g/mol. The molecule has 1 heterocycles. The van der Waals surface area contributed by atoms with Crippen molar-refractivity contribution in [3.8, 4) is 0 Å². The molecule has 1 aliphatic heterocycles. The molecule has 1 aromatic carbocycles. The van der Waals surface area contributed by atoms with Crippen molar-refractivity contribution in [3.05, 3.63) is 42.0 Å². The number of esters is 1. The van der Waals surface area contributed by atoms with E-state index in [1.807, 2.05) is 0 Å². The summed E-state index contributed by atoms with van der Waals surface area (Å²) in [6.07, 6.45) is 1.34. The lowest BCUT2D eigenvalue weighted by molar-refractivity contribution is -0.154.